The number of sulfonamides is 1. The normalized spacial score (nSPS) is 26.4. The molecule has 0 radical (unpaired) electrons. The minimum atomic E-state index is -4.51. The number of thiophene rings is 1. The molecule has 1 aromatic carbocycles. The highest BCUT2D eigenvalue weighted by Crippen LogP contribution is 2.46. The molecule has 3 N–H and O–H groups in total. The Bertz CT molecular complexity index is 2020. The molecule has 2 fully saturated rings. The Hall–Kier alpha value is -3.93. The first-order valence-electron chi connectivity index (χ1n) is 17.9. The summed E-state index contributed by atoms with van der Waals surface area (Å²) in [6.45, 7) is 4.87. The van der Waals surface area contributed by atoms with E-state index in [9.17, 15) is 36.8 Å². The lowest BCUT2D eigenvalue weighted by Crippen LogP contribution is -2.58. The van der Waals surface area contributed by atoms with Gasteiger partial charge in [-0.2, -0.15) is 0 Å². The number of amides is 5. The lowest BCUT2D eigenvalue weighted by Gasteiger charge is -2.30. The maximum Gasteiger partial charge on any atom is 0.410 e. The van der Waals surface area contributed by atoms with Crippen molar-refractivity contribution in [3.63, 3.8) is 0 Å². The van der Waals surface area contributed by atoms with Crippen molar-refractivity contribution in [2.24, 2.45) is 5.92 Å². The summed E-state index contributed by atoms with van der Waals surface area (Å²) in [4.78, 5) is 71.0. The van der Waals surface area contributed by atoms with E-state index in [0.29, 0.717) is 36.8 Å². The Morgan fingerprint density at radius 1 is 1.11 bits per heavy atom. The molecule has 55 heavy (non-hydrogen) atoms. The lowest BCUT2D eigenvalue weighted by atomic mass is 10.0. The molecule has 1 aromatic heterocycles. The van der Waals surface area contributed by atoms with E-state index in [1.807, 2.05) is 10.8 Å². The standard InChI is InChI=1S/C36H42Cl2FN5O9S2/c1-35(2,3)53-33(48)40-25-13-8-6-4-5-7-11-21-16-36(21,32(47)42-55(50,51)27-15-28(37)54-29(27)38)41-30(45)26-14-22(18-44(26)31(25)46)52-34(49)43-17-20-10-9-12-24(39)23(20)19-43/h7,9-12,15,21-22,25-26H,4-6,8,13-14,16-19H2,1-3H3,(H,40,48)(H,41,45)(H,42,47)/b11-7-. The summed E-state index contributed by atoms with van der Waals surface area (Å²) in [6.07, 6.45) is 3.63. The second-order valence-corrected chi connectivity index (χ2v) is 19.1. The number of carbonyl (C=O) groups is 5. The van der Waals surface area contributed by atoms with E-state index in [-0.39, 0.29) is 47.6 Å². The van der Waals surface area contributed by atoms with Crippen LogP contribution in [0.3, 0.4) is 0 Å². The van der Waals surface area contributed by atoms with Gasteiger partial charge in [0.25, 0.3) is 15.9 Å². The van der Waals surface area contributed by atoms with E-state index in [1.54, 1.807) is 39.0 Å². The number of alkyl carbamates (subject to hydrolysis) is 1. The number of benzene rings is 1. The van der Waals surface area contributed by atoms with Gasteiger partial charge in [-0.1, -0.05) is 60.3 Å². The molecule has 298 valence electrons. The number of nitrogens with one attached hydrogen (secondary N) is 3. The number of fused-ring (bicyclic) bond motifs is 3. The van der Waals surface area contributed by atoms with E-state index in [1.165, 1.54) is 15.9 Å². The van der Waals surface area contributed by atoms with Crippen LogP contribution < -0.4 is 15.4 Å². The number of halogens is 3. The molecule has 14 nitrogen and oxygen atoms in total. The first kappa shape index (κ1) is 40.7. The van der Waals surface area contributed by atoms with E-state index in [4.69, 9.17) is 32.7 Å². The molecule has 5 unspecified atom stereocenters. The average Bonchev–Trinajstić information content (AvgIpc) is 3.39. The second kappa shape index (κ2) is 15.9. The van der Waals surface area contributed by atoms with Crippen molar-refractivity contribution in [1.82, 2.24) is 25.2 Å². The zero-order valence-electron chi connectivity index (χ0n) is 30.4. The van der Waals surface area contributed by atoms with Gasteiger partial charge in [0, 0.05) is 24.4 Å². The summed E-state index contributed by atoms with van der Waals surface area (Å²) in [7, 11) is -4.51. The molecule has 0 bridgehead atoms. The van der Waals surface area contributed by atoms with E-state index >= 15 is 0 Å². The van der Waals surface area contributed by atoms with Gasteiger partial charge in [0.2, 0.25) is 11.8 Å². The average molecular weight is 843 g/mol. The van der Waals surface area contributed by atoms with Crippen LogP contribution in [0.25, 0.3) is 0 Å². The van der Waals surface area contributed by atoms with Crippen LogP contribution in [0.1, 0.15) is 76.8 Å². The van der Waals surface area contributed by atoms with Crippen molar-refractivity contribution < 1.29 is 46.3 Å². The summed E-state index contributed by atoms with van der Waals surface area (Å²) in [5, 5.41) is 5.39. The van der Waals surface area contributed by atoms with Crippen LogP contribution in [-0.2, 0) is 47.0 Å². The molecule has 1 saturated carbocycles. The van der Waals surface area contributed by atoms with Crippen LogP contribution in [0.5, 0.6) is 0 Å². The van der Waals surface area contributed by atoms with Gasteiger partial charge >= 0.3 is 12.2 Å². The number of ether oxygens (including phenoxy) is 2. The van der Waals surface area contributed by atoms with Crippen molar-refractivity contribution in [2.75, 3.05) is 6.54 Å². The van der Waals surface area contributed by atoms with Gasteiger partial charge in [-0.25, -0.2) is 27.1 Å². The molecular formula is C36H42Cl2FN5O9S2. The Balaban J connectivity index is 1.27. The van der Waals surface area contributed by atoms with Crippen LogP contribution in [-0.4, -0.2) is 84.0 Å². The lowest BCUT2D eigenvalue weighted by molar-refractivity contribution is -0.141. The molecule has 6 rings (SSSR count). The minimum absolute atomic E-state index is 0.0275. The van der Waals surface area contributed by atoms with Crippen LogP contribution in [0.2, 0.25) is 8.67 Å². The van der Waals surface area contributed by atoms with E-state index < -0.39 is 85.9 Å². The zero-order valence-corrected chi connectivity index (χ0v) is 33.5. The summed E-state index contributed by atoms with van der Waals surface area (Å²) >= 11 is 12.9. The molecule has 5 amide bonds. The predicted molar refractivity (Wildman–Crippen MR) is 200 cm³/mol. The number of hydrogen-bond acceptors (Lipinski definition) is 10. The second-order valence-electron chi connectivity index (χ2n) is 15.1. The van der Waals surface area contributed by atoms with E-state index in [0.717, 1.165) is 17.4 Å². The highest BCUT2D eigenvalue weighted by molar-refractivity contribution is 7.90. The molecular weight excluding hydrogens is 800 g/mol. The van der Waals surface area contributed by atoms with Crippen LogP contribution in [0.4, 0.5) is 14.0 Å². The topological polar surface area (TPSA) is 181 Å². The summed E-state index contributed by atoms with van der Waals surface area (Å²) in [5.41, 5.74) is -1.58. The molecule has 19 heteroatoms. The minimum Gasteiger partial charge on any atom is -0.444 e. The predicted octanol–water partition coefficient (Wildman–Crippen LogP) is 5.41. The van der Waals surface area contributed by atoms with Gasteiger partial charge in [-0.05, 0) is 64.2 Å². The van der Waals surface area contributed by atoms with Gasteiger partial charge in [-0.3, -0.25) is 19.3 Å². The maximum absolute atomic E-state index is 14.4. The SMILES string of the molecule is CC(C)(C)OC(=O)NC1CCCCC/C=C\C2CC2(C(=O)NS(=O)(=O)c2cc(Cl)sc2Cl)NC(=O)C2CC(OC(=O)N3Cc4cccc(F)c4C3)CN2C1=O. The molecule has 4 aliphatic rings. The van der Waals surface area contributed by atoms with Crippen molar-refractivity contribution in [3.8, 4) is 0 Å². The quantitative estimate of drug-likeness (QED) is 0.332. The fourth-order valence-corrected chi connectivity index (χ4v) is 10.3. The largest absolute Gasteiger partial charge is 0.444 e. The third-order valence-electron chi connectivity index (χ3n) is 9.93. The smallest absolute Gasteiger partial charge is 0.410 e. The summed E-state index contributed by atoms with van der Waals surface area (Å²) in [6, 6.07) is 3.26. The molecule has 1 saturated heterocycles. The van der Waals surface area contributed by atoms with Gasteiger partial charge in [0.1, 0.15) is 44.4 Å². The molecule has 4 heterocycles. The first-order chi connectivity index (χ1) is 25.9. The Kier molecular flexibility index (Phi) is 11.8. The van der Waals surface area contributed by atoms with Crippen LogP contribution in [0.15, 0.2) is 41.3 Å². The third kappa shape index (κ3) is 9.21. The molecule has 0 spiro atoms. The number of rotatable bonds is 5. The number of carbonyl (C=O) groups excluding carboxylic acids is 5. The summed E-state index contributed by atoms with van der Waals surface area (Å²) < 4.78 is 54.2. The van der Waals surface area contributed by atoms with Gasteiger partial charge < -0.3 is 25.0 Å². The Morgan fingerprint density at radius 3 is 2.56 bits per heavy atom. The Labute approximate surface area is 332 Å². The number of allylic oxidation sites excluding steroid dienone is 1. The van der Waals surface area contributed by atoms with Crippen LogP contribution in [0, 0.1) is 11.7 Å². The van der Waals surface area contributed by atoms with E-state index in [2.05, 4.69) is 10.6 Å². The number of hydrogen-bond donors (Lipinski definition) is 3. The molecule has 5 atom stereocenters. The maximum atomic E-state index is 14.4. The zero-order chi connectivity index (χ0) is 39.9. The molecule has 2 aromatic rings. The van der Waals surface area contributed by atoms with Gasteiger partial charge in [-0.15, -0.1) is 11.3 Å². The molecule has 3 aliphatic heterocycles. The molecule has 1 aliphatic carbocycles. The van der Waals surface area contributed by atoms with Crippen molar-refractivity contribution in [1.29, 1.82) is 0 Å². The van der Waals surface area contributed by atoms with Gasteiger partial charge in [0.05, 0.1) is 17.4 Å². The summed E-state index contributed by atoms with van der Waals surface area (Å²) in [5.74, 6) is -3.48. The van der Waals surface area contributed by atoms with Crippen LogP contribution >= 0.6 is 34.5 Å². The highest BCUT2D eigenvalue weighted by atomic mass is 35.5. The fraction of sp³-hybridized carbons (Fsp3) is 0.528. The third-order valence-corrected chi connectivity index (χ3v) is 13.0. The number of nitrogens with zero attached hydrogens (tertiary/aromatic N) is 2. The van der Waals surface area contributed by atoms with Gasteiger partial charge in [0.15, 0.2) is 0 Å². The first-order valence-corrected chi connectivity index (χ1v) is 20.9. The fourth-order valence-electron chi connectivity index (χ4n) is 7.12. The van der Waals surface area contributed by atoms with Crippen molar-refractivity contribution >= 4 is 74.5 Å². The van der Waals surface area contributed by atoms with Crippen molar-refractivity contribution in [2.45, 2.75) is 113 Å². The Morgan fingerprint density at radius 2 is 1.87 bits per heavy atom. The van der Waals surface area contributed by atoms with Crippen molar-refractivity contribution in [3.05, 3.63) is 62.0 Å². The monoisotopic (exact) mass is 841 g/mol. The highest BCUT2D eigenvalue weighted by Gasteiger charge is 2.62.